The summed E-state index contributed by atoms with van der Waals surface area (Å²) in [6.07, 6.45) is 1.68. The lowest BCUT2D eigenvalue weighted by molar-refractivity contribution is -0.155. The maximum Gasteiger partial charge on any atom is 0.306 e. The van der Waals surface area contributed by atoms with E-state index in [0.717, 1.165) is 23.7 Å². The van der Waals surface area contributed by atoms with Crippen molar-refractivity contribution in [3.8, 4) is 22.4 Å². The molecule has 1 atom stereocenters. The van der Waals surface area contributed by atoms with Gasteiger partial charge in [0.25, 0.3) is 11.8 Å². The number of esters is 1. The molecule has 1 unspecified atom stereocenters. The number of primary amides is 1. The maximum absolute atomic E-state index is 13.7. The molecule has 0 radical (unpaired) electrons. The topological polar surface area (TPSA) is 108 Å². The molecule has 2 amide bonds. The normalized spacial score (nSPS) is 14.3. The highest BCUT2D eigenvalue weighted by Crippen LogP contribution is 2.36. The van der Waals surface area contributed by atoms with Crippen LogP contribution in [0.5, 0.6) is 0 Å². The highest BCUT2D eigenvalue weighted by Gasteiger charge is 2.36. The lowest BCUT2D eigenvalue weighted by Gasteiger charge is -2.25. The van der Waals surface area contributed by atoms with Gasteiger partial charge in [-0.25, -0.2) is 8.78 Å². The first-order valence-corrected chi connectivity index (χ1v) is 12.6. The summed E-state index contributed by atoms with van der Waals surface area (Å²) in [6.45, 7) is 6.26. The molecule has 0 saturated heterocycles. The van der Waals surface area contributed by atoms with Crippen molar-refractivity contribution in [1.82, 2.24) is 14.7 Å². The Morgan fingerprint density at radius 2 is 1.69 bits per heavy atom. The fraction of sp³-hybridized carbons (Fsp3) is 0.379. The molecule has 1 aliphatic rings. The largest absolute Gasteiger partial charge is 0.460 e. The fourth-order valence-corrected chi connectivity index (χ4v) is 4.77. The van der Waals surface area contributed by atoms with Crippen molar-refractivity contribution in [2.24, 2.45) is 12.8 Å². The summed E-state index contributed by atoms with van der Waals surface area (Å²) in [6, 6.07) is 10.4. The van der Waals surface area contributed by atoms with E-state index < -0.39 is 29.4 Å². The van der Waals surface area contributed by atoms with Crippen molar-refractivity contribution in [2.75, 3.05) is 0 Å². The summed E-state index contributed by atoms with van der Waals surface area (Å²) in [7, 11) is 1.77. The average molecular weight is 539 g/mol. The van der Waals surface area contributed by atoms with Crippen LogP contribution in [-0.2, 0) is 33.8 Å². The lowest BCUT2D eigenvalue weighted by atomic mass is 9.97. The van der Waals surface area contributed by atoms with Gasteiger partial charge in [-0.15, -0.1) is 0 Å². The van der Waals surface area contributed by atoms with E-state index in [-0.39, 0.29) is 30.9 Å². The molecule has 206 valence electrons. The van der Waals surface area contributed by atoms with Gasteiger partial charge in [0.05, 0.1) is 11.9 Å². The van der Waals surface area contributed by atoms with Gasteiger partial charge in [0.2, 0.25) is 5.91 Å². The highest BCUT2D eigenvalue weighted by molar-refractivity contribution is 6.01. The first-order chi connectivity index (χ1) is 18.2. The second-order valence-electron chi connectivity index (χ2n) is 10.8. The summed E-state index contributed by atoms with van der Waals surface area (Å²) in [4.78, 5) is 39.1. The lowest BCUT2D eigenvalue weighted by Crippen LogP contribution is -2.45. The van der Waals surface area contributed by atoms with Crippen LogP contribution in [0.25, 0.3) is 22.4 Å². The van der Waals surface area contributed by atoms with Crippen LogP contribution in [0.1, 0.15) is 62.0 Å². The van der Waals surface area contributed by atoms with Crippen LogP contribution in [0.3, 0.4) is 0 Å². The number of nitrogens with two attached hydrogens (primary N) is 1. The number of aromatic nitrogens is 2. The molecule has 2 N–H and O–H groups in total. The predicted octanol–water partition coefficient (Wildman–Crippen LogP) is 4.80. The molecular weight excluding hydrogens is 506 g/mol. The van der Waals surface area contributed by atoms with Gasteiger partial charge in [-0.1, -0.05) is 30.3 Å². The third-order valence-electron chi connectivity index (χ3n) is 6.60. The number of carbonyl (C=O) groups is 3. The third-order valence-corrected chi connectivity index (χ3v) is 6.60. The number of halogens is 2. The molecule has 2 heterocycles. The molecule has 1 aromatic heterocycles. The number of fused-ring (bicyclic) bond motifs is 1. The standard InChI is InChI=1S/C29H32F2N4O4/c1-28(2,3)39-24(36)13-12-23(26(32)37)35-16-19-14-18(8-11-21(19)27(35)38)22-15-33-34(5)25(22)17-6-9-20(10-7-17)29(4,30)31/h6-11,14-15,23H,12-13,16H2,1-5H3,(H2,32,37). The summed E-state index contributed by atoms with van der Waals surface area (Å²) in [5.74, 6) is -4.45. The third kappa shape index (κ3) is 6.00. The number of rotatable bonds is 8. The molecular formula is C29H32F2N4O4. The van der Waals surface area contributed by atoms with E-state index in [1.54, 1.807) is 63.0 Å². The molecule has 0 bridgehead atoms. The van der Waals surface area contributed by atoms with Gasteiger partial charge in [0.1, 0.15) is 11.6 Å². The van der Waals surface area contributed by atoms with Crippen molar-refractivity contribution in [3.05, 3.63) is 65.4 Å². The number of alkyl halides is 2. The van der Waals surface area contributed by atoms with Crippen molar-refractivity contribution in [1.29, 1.82) is 0 Å². The number of ether oxygens (including phenoxy) is 1. The van der Waals surface area contributed by atoms with Crippen LogP contribution in [0, 0.1) is 0 Å². The zero-order chi connectivity index (χ0) is 28.7. The summed E-state index contributed by atoms with van der Waals surface area (Å²) >= 11 is 0. The van der Waals surface area contributed by atoms with E-state index in [9.17, 15) is 23.2 Å². The average Bonchev–Trinajstić information content (AvgIpc) is 3.37. The van der Waals surface area contributed by atoms with Crippen LogP contribution in [0.15, 0.2) is 48.7 Å². The van der Waals surface area contributed by atoms with Gasteiger partial charge < -0.3 is 15.4 Å². The number of aryl methyl sites for hydroxylation is 1. The SMILES string of the molecule is Cn1ncc(-c2ccc3c(c2)CN(C(CCC(=O)OC(C)(C)C)C(N)=O)C3=O)c1-c1ccc(C(C)(F)F)cc1. The van der Waals surface area contributed by atoms with Gasteiger partial charge in [-0.3, -0.25) is 19.1 Å². The van der Waals surface area contributed by atoms with Gasteiger partial charge >= 0.3 is 5.97 Å². The van der Waals surface area contributed by atoms with Gasteiger partial charge in [-0.2, -0.15) is 5.10 Å². The minimum atomic E-state index is -2.94. The Hall–Kier alpha value is -4.08. The molecule has 0 spiro atoms. The van der Waals surface area contributed by atoms with Crippen molar-refractivity contribution >= 4 is 17.8 Å². The van der Waals surface area contributed by atoms with Crippen molar-refractivity contribution in [3.63, 3.8) is 0 Å². The minimum absolute atomic E-state index is 0.0520. The van der Waals surface area contributed by atoms with Gasteiger partial charge in [-0.05, 0) is 50.5 Å². The Bertz CT molecular complexity index is 1420. The Morgan fingerprint density at radius 3 is 2.28 bits per heavy atom. The first-order valence-electron chi connectivity index (χ1n) is 12.6. The van der Waals surface area contributed by atoms with Crippen LogP contribution in [0.2, 0.25) is 0 Å². The molecule has 0 aliphatic carbocycles. The van der Waals surface area contributed by atoms with E-state index >= 15 is 0 Å². The second-order valence-corrected chi connectivity index (χ2v) is 10.8. The summed E-state index contributed by atoms with van der Waals surface area (Å²) < 4.78 is 34.4. The quantitative estimate of drug-likeness (QED) is 0.415. The molecule has 8 nitrogen and oxygen atoms in total. The Labute approximate surface area is 225 Å². The minimum Gasteiger partial charge on any atom is -0.460 e. The number of nitrogens with zero attached hydrogens (tertiary/aromatic N) is 3. The van der Waals surface area contributed by atoms with E-state index in [1.165, 1.54) is 17.0 Å². The first kappa shape index (κ1) is 27.9. The Morgan fingerprint density at radius 1 is 1.05 bits per heavy atom. The summed E-state index contributed by atoms with van der Waals surface area (Å²) in [5.41, 5.74) is 9.02. The van der Waals surface area contributed by atoms with Crippen LogP contribution in [-0.4, -0.2) is 44.1 Å². The molecule has 0 saturated carbocycles. The molecule has 2 aromatic carbocycles. The maximum atomic E-state index is 13.7. The highest BCUT2D eigenvalue weighted by atomic mass is 19.3. The monoisotopic (exact) mass is 538 g/mol. The Kier molecular flexibility index (Phi) is 7.34. The number of benzene rings is 2. The Balaban J connectivity index is 1.59. The summed E-state index contributed by atoms with van der Waals surface area (Å²) in [5, 5.41) is 4.37. The molecule has 10 heteroatoms. The molecule has 0 fully saturated rings. The van der Waals surface area contributed by atoms with Crippen molar-refractivity contribution < 1.29 is 27.9 Å². The van der Waals surface area contributed by atoms with E-state index in [1.807, 2.05) is 6.07 Å². The van der Waals surface area contributed by atoms with E-state index in [4.69, 9.17) is 10.5 Å². The van der Waals surface area contributed by atoms with Crippen LogP contribution < -0.4 is 5.73 Å². The number of hydrogen-bond acceptors (Lipinski definition) is 5. The van der Waals surface area contributed by atoms with Crippen LogP contribution in [0.4, 0.5) is 8.78 Å². The number of amides is 2. The molecule has 4 rings (SSSR count). The fourth-order valence-electron chi connectivity index (χ4n) is 4.77. The predicted molar refractivity (Wildman–Crippen MR) is 142 cm³/mol. The smallest absolute Gasteiger partial charge is 0.306 e. The van der Waals surface area contributed by atoms with Gasteiger partial charge in [0.15, 0.2) is 0 Å². The zero-order valence-corrected chi connectivity index (χ0v) is 22.6. The number of hydrogen-bond donors (Lipinski definition) is 1. The molecule has 3 aromatic rings. The van der Waals surface area contributed by atoms with Crippen molar-refractivity contribution in [2.45, 2.75) is 64.6 Å². The van der Waals surface area contributed by atoms with Gasteiger partial charge in [0, 0.05) is 49.2 Å². The number of carbonyl (C=O) groups excluding carboxylic acids is 3. The van der Waals surface area contributed by atoms with E-state index in [2.05, 4.69) is 5.10 Å². The second kappa shape index (κ2) is 10.2. The zero-order valence-electron chi connectivity index (χ0n) is 22.6. The molecule has 39 heavy (non-hydrogen) atoms. The van der Waals surface area contributed by atoms with E-state index in [0.29, 0.717) is 16.7 Å². The molecule has 1 aliphatic heterocycles. The van der Waals surface area contributed by atoms with Crippen LogP contribution >= 0.6 is 0 Å².